The van der Waals surface area contributed by atoms with Gasteiger partial charge < -0.3 is 4.98 Å². The van der Waals surface area contributed by atoms with Gasteiger partial charge in [0.05, 0.1) is 10.0 Å². The lowest BCUT2D eigenvalue weighted by atomic mass is 10.6. The van der Waals surface area contributed by atoms with E-state index in [0.717, 1.165) is 0 Å². The molecule has 1 rings (SSSR count). The van der Waals surface area contributed by atoms with Gasteiger partial charge in [-0.15, -0.1) is 0 Å². The highest BCUT2D eigenvalue weighted by Gasteiger charge is 2.32. The monoisotopic (exact) mass is 334 g/mol. The molecular weight excluding hydrogens is 335 g/mol. The number of hydrogen-bond donors (Lipinski definition) is 0. The molecule has 0 saturated carbocycles. The number of rotatable bonds is 2. The van der Waals surface area contributed by atoms with Crippen LogP contribution in [0.1, 0.15) is 0 Å². The molecule has 0 amide bonds. The molecule has 0 aromatic carbocycles. The standard InChI is InChI=1S/C6Cl2F6NS2/c7-1-2(8)4(17-6(12,13)14)15-3(1)16-5(9,10)11/q-1. The molecule has 0 aliphatic heterocycles. The largest absolute Gasteiger partial charge is 0.644 e. The Morgan fingerprint density at radius 3 is 1.29 bits per heavy atom. The van der Waals surface area contributed by atoms with Crippen LogP contribution in [0.5, 0.6) is 0 Å². The Kier molecular flexibility index (Phi) is 4.49. The minimum Gasteiger partial charge on any atom is -0.644 e. The van der Waals surface area contributed by atoms with Crippen LogP contribution >= 0.6 is 46.7 Å². The third-order valence-electron chi connectivity index (χ3n) is 1.20. The van der Waals surface area contributed by atoms with Crippen molar-refractivity contribution in [1.82, 2.24) is 4.98 Å². The maximum Gasteiger partial charge on any atom is 0.444 e. The number of aromatic nitrogens is 1. The Hall–Kier alpha value is 0.140. The zero-order valence-corrected chi connectivity index (χ0v) is 10.4. The van der Waals surface area contributed by atoms with E-state index in [0.29, 0.717) is 0 Å². The number of alkyl halides is 6. The summed E-state index contributed by atoms with van der Waals surface area (Å²) in [4.78, 5) is 3.10. The quantitative estimate of drug-likeness (QED) is 0.547. The maximum atomic E-state index is 12.0. The van der Waals surface area contributed by atoms with Crippen molar-refractivity contribution >= 4 is 46.7 Å². The van der Waals surface area contributed by atoms with Crippen LogP contribution in [0.3, 0.4) is 0 Å². The number of hydrogen-bond acceptors (Lipinski definition) is 2. The smallest absolute Gasteiger partial charge is 0.444 e. The summed E-state index contributed by atoms with van der Waals surface area (Å²) in [6.07, 6.45) is 0. The topological polar surface area (TPSA) is 14.1 Å². The summed E-state index contributed by atoms with van der Waals surface area (Å²) in [5, 5.41) is -2.87. The van der Waals surface area contributed by atoms with E-state index >= 15 is 0 Å². The predicted molar refractivity (Wildman–Crippen MR) is 53.6 cm³/mol. The number of thioether (sulfide) groups is 2. The van der Waals surface area contributed by atoms with Gasteiger partial charge in [-0.25, -0.2) is 0 Å². The van der Waals surface area contributed by atoms with E-state index in [-0.39, 0.29) is 0 Å². The van der Waals surface area contributed by atoms with Crippen molar-refractivity contribution in [2.75, 3.05) is 0 Å². The van der Waals surface area contributed by atoms with Gasteiger partial charge in [-0.05, 0) is 23.5 Å². The molecule has 98 valence electrons. The molecule has 0 N–H and O–H groups in total. The fourth-order valence-electron chi connectivity index (χ4n) is 0.733. The second-order valence-corrected chi connectivity index (χ2v) is 5.31. The van der Waals surface area contributed by atoms with Gasteiger partial charge in [-0.3, -0.25) is 0 Å². The van der Waals surface area contributed by atoms with Crippen molar-refractivity contribution in [2.45, 2.75) is 21.1 Å². The van der Waals surface area contributed by atoms with Crippen LogP contribution < -0.4 is 4.98 Å². The summed E-state index contributed by atoms with van der Waals surface area (Å²) < 4.78 is 72.0. The summed E-state index contributed by atoms with van der Waals surface area (Å²) in [6.45, 7) is 0. The molecular formula is C6Cl2F6NS2-. The van der Waals surface area contributed by atoms with Gasteiger partial charge in [-0.2, -0.15) is 26.3 Å². The molecule has 0 aliphatic rings. The molecule has 1 aromatic rings. The Bertz CT molecular complexity index is 375. The highest BCUT2D eigenvalue weighted by atomic mass is 35.5. The van der Waals surface area contributed by atoms with E-state index in [2.05, 4.69) is 4.98 Å². The molecule has 0 spiro atoms. The van der Waals surface area contributed by atoms with Crippen molar-refractivity contribution in [2.24, 2.45) is 0 Å². The van der Waals surface area contributed by atoms with E-state index in [1.54, 1.807) is 0 Å². The van der Waals surface area contributed by atoms with Gasteiger partial charge in [0.25, 0.3) is 0 Å². The average molecular weight is 335 g/mol. The van der Waals surface area contributed by atoms with Crippen molar-refractivity contribution in [3.05, 3.63) is 10.0 Å². The molecule has 0 fully saturated rings. The van der Waals surface area contributed by atoms with Crippen molar-refractivity contribution < 1.29 is 26.3 Å². The number of halogens is 8. The first-order valence-corrected chi connectivity index (χ1v) is 5.91. The molecule has 0 saturated heterocycles. The van der Waals surface area contributed by atoms with Gasteiger partial charge >= 0.3 is 11.0 Å². The lowest BCUT2D eigenvalue weighted by Gasteiger charge is -2.12. The highest BCUT2D eigenvalue weighted by Crippen LogP contribution is 2.47. The van der Waals surface area contributed by atoms with E-state index in [4.69, 9.17) is 23.2 Å². The van der Waals surface area contributed by atoms with Crippen molar-refractivity contribution in [1.29, 1.82) is 0 Å². The lowest BCUT2D eigenvalue weighted by molar-refractivity contribution is -0.0335. The molecule has 11 heteroatoms. The normalized spacial score (nSPS) is 13.2. The number of nitrogens with zero attached hydrogens (tertiary/aromatic N) is 1. The first-order chi connectivity index (χ1) is 7.49. The van der Waals surface area contributed by atoms with Gasteiger partial charge in [-0.1, -0.05) is 33.3 Å². The summed E-state index contributed by atoms with van der Waals surface area (Å²) in [6, 6.07) is 0. The molecule has 0 atom stereocenters. The van der Waals surface area contributed by atoms with Crippen molar-refractivity contribution in [3.63, 3.8) is 0 Å². The van der Waals surface area contributed by atoms with Crippen molar-refractivity contribution in [3.8, 4) is 0 Å². The van der Waals surface area contributed by atoms with Gasteiger partial charge in [0.15, 0.2) is 0 Å². The van der Waals surface area contributed by atoms with E-state index in [1.165, 1.54) is 0 Å². The molecule has 0 aliphatic carbocycles. The second-order valence-electron chi connectivity index (χ2n) is 2.45. The summed E-state index contributed by atoms with van der Waals surface area (Å²) >= 11 is 9.27. The summed E-state index contributed by atoms with van der Waals surface area (Å²) in [7, 11) is 0. The fraction of sp³-hybridized carbons (Fsp3) is 0.333. The van der Waals surface area contributed by atoms with Crippen LogP contribution in [-0.4, -0.2) is 11.0 Å². The van der Waals surface area contributed by atoms with E-state index < -0.39 is 54.6 Å². The third kappa shape index (κ3) is 4.72. The van der Waals surface area contributed by atoms with Gasteiger partial charge in [0.1, 0.15) is 0 Å². The van der Waals surface area contributed by atoms with Crippen LogP contribution in [0.15, 0.2) is 10.1 Å². The zero-order valence-electron chi connectivity index (χ0n) is 7.29. The Morgan fingerprint density at radius 1 is 0.765 bits per heavy atom. The van der Waals surface area contributed by atoms with E-state index in [1.807, 2.05) is 0 Å². The molecule has 1 heterocycles. The average Bonchev–Trinajstić information content (AvgIpc) is 2.28. The Morgan fingerprint density at radius 2 is 1.06 bits per heavy atom. The van der Waals surface area contributed by atoms with Crippen LogP contribution in [0.2, 0.25) is 10.0 Å². The van der Waals surface area contributed by atoms with Crippen LogP contribution in [0, 0.1) is 0 Å². The lowest BCUT2D eigenvalue weighted by Crippen LogP contribution is -2.01. The third-order valence-corrected chi connectivity index (χ3v) is 3.69. The first-order valence-electron chi connectivity index (χ1n) is 3.53. The molecule has 0 bridgehead atoms. The Balaban J connectivity index is 3.00. The minimum atomic E-state index is -4.70. The molecule has 17 heavy (non-hydrogen) atoms. The summed E-state index contributed by atoms with van der Waals surface area (Å²) in [5.41, 5.74) is -9.40. The molecule has 1 aromatic heterocycles. The molecule has 0 unspecified atom stereocenters. The Labute approximate surface area is 109 Å². The molecule has 1 nitrogen and oxygen atoms in total. The van der Waals surface area contributed by atoms with Crippen LogP contribution in [0.4, 0.5) is 26.3 Å². The fourth-order valence-corrected chi connectivity index (χ4v) is 2.49. The van der Waals surface area contributed by atoms with E-state index in [9.17, 15) is 26.3 Å². The van der Waals surface area contributed by atoms with Gasteiger partial charge in [0.2, 0.25) is 0 Å². The second kappa shape index (κ2) is 5.02. The van der Waals surface area contributed by atoms with Crippen LogP contribution in [0.25, 0.3) is 0 Å². The first kappa shape index (κ1) is 15.2. The van der Waals surface area contributed by atoms with Crippen LogP contribution in [-0.2, 0) is 0 Å². The molecule has 0 radical (unpaired) electrons. The maximum absolute atomic E-state index is 12.0. The minimum absolute atomic E-state index is 0.638. The highest BCUT2D eigenvalue weighted by molar-refractivity contribution is 8.01. The zero-order chi connectivity index (χ0) is 13.4. The SMILES string of the molecule is FC(F)(F)Sc1[n-]c(SC(F)(F)F)c(Cl)c1Cl. The van der Waals surface area contributed by atoms with Gasteiger partial charge in [0, 0.05) is 0 Å². The predicted octanol–water partition coefficient (Wildman–Crippen LogP) is 5.17. The summed E-state index contributed by atoms with van der Waals surface area (Å²) in [5.74, 6) is 0.